The van der Waals surface area contributed by atoms with Gasteiger partial charge in [0.25, 0.3) is 0 Å². The molecule has 0 heterocycles. The maximum absolute atomic E-state index is 6.36. The number of rotatable bonds is 4. The topological polar surface area (TPSA) is 21.3 Å². The van der Waals surface area contributed by atoms with Gasteiger partial charge in [-0.2, -0.15) is 0 Å². The van der Waals surface area contributed by atoms with Gasteiger partial charge in [-0.3, -0.25) is 0 Å². The van der Waals surface area contributed by atoms with E-state index < -0.39 is 0 Å². The maximum atomic E-state index is 6.36. The molecule has 0 unspecified atom stereocenters. The van der Waals surface area contributed by atoms with Gasteiger partial charge in [0.1, 0.15) is 5.75 Å². The van der Waals surface area contributed by atoms with Crippen LogP contribution < -0.4 is 10.1 Å². The van der Waals surface area contributed by atoms with Crippen molar-refractivity contribution in [2.24, 2.45) is 0 Å². The van der Waals surface area contributed by atoms with Gasteiger partial charge in [0.15, 0.2) is 0 Å². The Hall–Kier alpha value is -0.730. The minimum Gasteiger partial charge on any atom is -0.490 e. The Morgan fingerprint density at radius 2 is 1.90 bits per heavy atom. The summed E-state index contributed by atoms with van der Waals surface area (Å²) in [6.45, 7) is 7.22. The summed E-state index contributed by atoms with van der Waals surface area (Å²) >= 11 is 6.36. The maximum Gasteiger partial charge on any atom is 0.125 e. The molecule has 0 amide bonds. The molecule has 1 fully saturated rings. The van der Waals surface area contributed by atoms with Gasteiger partial charge in [0, 0.05) is 22.7 Å². The minimum absolute atomic E-state index is 0.0707. The SMILES string of the molecule is CC(C)(C)NCc1c(Cl)cccc1OC1CCCCC1. The van der Waals surface area contributed by atoms with Crippen molar-refractivity contribution in [3.05, 3.63) is 28.8 Å². The van der Waals surface area contributed by atoms with Crippen LogP contribution in [0.2, 0.25) is 5.02 Å². The predicted molar refractivity (Wildman–Crippen MR) is 85.5 cm³/mol. The number of hydrogen-bond donors (Lipinski definition) is 1. The zero-order valence-corrected chi connectivity index (χ0v) is 13.6. The molecule has 2 nitrogen and oxygen atoms in total. The van der Waals surface area contributed by atoms with E-state index in [0.29, 0.717) is 6.10 Å². The van der Waals surface area contributed by atoms with Crippen molar-refractivity contribution in [2.75, 3.05) is 0 Å². The van der Waals surface area contributed by atoms with E-state index in [1.807, 2.05) is 18.2 Å². The Labute approximate surface area is 127 Å². The first kappa shape index (κ1) is 15.7. The summed E-state index contributed by atoms with van der Waals surface area (Å²) in [5.74, 6) is 0.946. The molecule has 112 valence electrons. The third kappa shape index (κ3) is 4.68. The zero-order chi connectivity index (χ0) is 14.6. The van der Waals surface area contributed by atoms with Crippen molar-refractivity contribution in [1.29, 1.82) is 0 Å². The van der Waals surface area contributed by atoms with Crippen molar-refractivity contribution >= 4 is 11.6 Å². The summed E-state index contributed by atoms with van der Waals surface area (Å²) < 4.78 is 6.21. The molecule has 0 atom stereocenters. The predicted octanol–water partition coefficient (Wildman–Crippen LogP) is 4.94. The van der Waals surface area contributed by atoms with Gasteiger partial charge in [-0.05, 0) is 58.6 Å². The second kappa shape index (κ2) is 6.82. The van der Waals surface area contributed by atoms with Crippen molar-refractivity contribution in [3.63, 3.8) is 0 Å². The quantitative estimate of drug-likeness (QED) is 0.849. The zero-order valence-electron chi connectivity index (χ0n) is 12.8. The van der Waals surface area contributed by atoms with Crippen LogP contribution in [0, 0.1) is 0 Å². The lowest BCUT2D eigenvalue weighted by atomic mass is 9.97. The minimum atomic E-state index is 0.0707. The molecule has 1 N–H and O–H groups in total. The highest BCUT2D eigenvalue weighted by atomic mass is 35.5. The van der Waals surface area contributed by atoms with E-state index in [4.69, 9.17) is 16.3 Å². The number of hydrogen-bond acceptors (Lipinski definition) is 2. The van der Waals surface area contributed by atoms with Crippen LogP contribution in [-0.4, -0.2) is 11.6 Å². The lowest BCUT2D eigenvalue weighted by molar-refractivity contribution is 0.153. The van der Waals surface area contributed by atoms with Crippen LogP contribution in [0.15, 0.2) is 18.2 Å². The summed E-state index contributed by atoms with van der Waals surface area (Å²) in [6, 6.07) is 5.95. The van der Waals surface area contributed by atoms with Crippen LogP contribution in [0.25, 0.3) is 0 Å². The molecule has 3 heteroatoms. The average molecular weight is 296 g/mol. The first-order chi connectivity index (χ1) is 9.46. The molecule has 1 saturated carbocycles. The molecule has 1 aliphatic carbocycles. The van der Waals surface area contributed by atoms with Gasteiger partial charge in [-0.15, -0.1) is 0 Å². The first-order valence-corrected chi connectivity index (χ1v) is 8.02. The van der Waals surface area contributed by atoms with Crippen molar-refractivity contribution in [2.45, 2.75) is 71.1 Å². The van der Waals surface area contributed by atoms with Crippen LogP contribution in [0.5, 0.6) is 5.75 Å². The fraction of sp³-hybridized carbons (Fsp3) is 0.647. The molecule has 0 aromatic heterocycles. The van der Waals surface area contributed by atoms with Crippen molar-refractivity contribution < 1.29 is 4.74 Å². The Morgan fingerprint density at radius 3 is 2.55 bits per heavy atom. The van der Waals surface area contributed by atoms with Crippen molar-refractivity contribution in [1.82, 2.24) is 5.32 Å². The van der Waals surface area contributed by atoms with Crippen LogP contribution in [0.3, 0.4) is 0 Å². The lowest BCUT2D eigenvalue weighted by Crippen LogP contribution is -2.35. The van der Waals surface area contributed by atoms with Crippen LogP contribution >= 0.6 is 11.6 Å². The molecule has 20 heavy (non-hydrogen) atoms. The molecule has 1 aliphatic rings. The van der Waals surface area contributed by atoms with Crippen LogP contribution in [0.1, 0.15) is 58.4 Å². The number of halogens is 1. The Balaban J connectivity index is 2.08. The molecule has 0 aliphatic heterocycles. The molecule has 0 saturated heterocycles. The molecule has 1 aromatic rings. The van der Waals surface area contributed by atoms with E-state index in [-0.39, 0.29) is 5.54 Å². The van der Waals surface area contributed by atoms with Gasteiger partial charge in [-0.1, -0.05) is 24.1 Å². The van der Waals surface area contributed by atoms with E-state index in [1.165, 1.54) is 32.1 Å². The molecular weight excluding hydrogens is 270 g/mol. The fourth-order valence-electron chi connectivity index (χ4n) is 2.54. The normalized spacial score (nSPS) is 17.2. The largest absolute Gasteiger partial charge is 0.490 e. The highest BCUT2D eigenvalue weighted by molar-refractivity contribution is 6.31. The standard InChI is InChI=1S/C17H26ClNO/c1-17(2,3)19-12-14-15(18)10-7-11-16(14)20-13-8-5-4-6-9-13/h7,10-11,13,19H,4-6,8-9,12H2,1-3H3. The Bertz CT molecular complexity index is 433. The molecule has 0 bridgehead atoms. The second-order valence-electron chi connectivity index (χ2n) is 6.70. The summed E-state index contributed by atoms with van der Waals surface area (Å²) in [4.78, 5) is 0. The molecule has 2 rings (SSSR count). The highest BCUT2D eigenvalue weighted by Crippen LogP contribution is 2.30. The van der Waals surface area contributed by atoms with Gasteiger partial charge >= 0.3 is 0 Å². The number of ether oxygens (including phenoxy) is 1. The highest BCUT2D eigenvalue weighted by Gasteiger charge is 2.18. The lowest BCUT2D eigenvalue weighted by Gasteiger charge is -2.26. The smallest absolute Gasteiger partial charge is 0.125 e. The van der Waals surface area contributed by atoms with Crippen molar-refractivity contribution in [3.8, 4) is 5.75 Å². The monoisotopic (exact) mass is 295 g/mol. The second-order valence-corrected chi connectivity index (χ2v) is 7.11. The van der Waals surface area contributed by atoms with E-state index in [2.05, 4.69) is 26.1 Å². The first-order valence-electron chi connectivity index (χ1n) is 7.65. The Morgan fingerprint density at radius 1 is 1.20 bits per heavy atom. The third-order valence-electron chi connectivity index (χ3n) is 3.72. The fourth-order valence-corrected chi connectivity index (χ4v) is 2.77. The summed E-state index contributed by atoms with van der Waals surface area (Å²) in [5, 5.41) is 4.28. The summed E-state index contributed by atoms with van der Waals surface area (Å²) in [6.07, 6.45) is 6.59. The Kier molecular flexibility index (Phi) is 5.34. The number of benzene rings is 1. The van der Waals surface area contributed by atoms with Gasteiger partial charge in [-0.25, -0.2) is 0 Å². The molecule has 1 aromatic carbocycles. The van der Waals surface area contributed by atoms with Crippen LogP contribution in [0.4, 0.5) is 0 Å². The molecule has 0 radical (unpaired) electrons. The molecule has 0 spiro atoms. The summed E-state index contributed by atoms with van der Waals surface area (Å²) in [5.41, 5.74) is 1.15. The van der Waals surface area contributed by atoms with Crippen LogP contribution in [-0.2, 0) is 6.54 Å². The van der Waals surface area contributed by atoms with E-state index in [1.54, 1.807) is 0 Å². The van der Waals surface area contributed by atoms with E-state index >= 15 is 0 Å². The number of nitrogens with one attached hydrogen (secondary N) is 1. The van der Waals surface area contributed by atoms with E-state index in [0.717, 1.165) is 22.9 Å². The van der Waals surface area contributed by atoms with Gasteiger partial charge in [0.2, 0.25) is 0 Å². The third-order valence-corrected chi connectivity index (χ3v) is 4.07. The van der Waals surface area contributed by atoms with Gasteiger partial charge < -0.3 is 10.1 Å². The average Bonchev–Trinajstić information content (AvgIpc) is 2.38. The summed E-state index contributed by atoms with van der Waals surface area (Å²) in [7, 11) is 0. The van der Waals surface area contributed by atoms with E-state index in [9.17, 15) is 0 Å². The molecular formula is C17H26ClNO. The van der Waals surface area contributed by atoms with Gasteiger partial charge in [0.05, 0.1) is 6.10 Å².